The Labute approximate surface area is 87.6 Å². The van der Waals surface area contributed by atoms with Gasteiger partial charge in [-0.3, -0.25) is 19.2 Å². The Morgan fingerprint density at radius 3 is 2.40 bits per heavy atom. The van der Waals surface area contributed by atoms with Crippen LogP contribution in [0.5, 0.6) is 0 Å². The molecule has 1 heterocycles. The fourth-order valence-electron chi connectivity index (χ4n) is 1.14. The smallest absolute Gasteiger partial charge is 0.277 e. The van der Waals surface area contributed by atoms with Crippen molar-refractivity contribution in [3.8, 4) is 0 Å². The lowest BCUT2D eigenvalue weighted by atomic mass is 10.1. The molecule has 0 saturated carbocycles. The summed E-state index contributed by atoms with van der Waals surface area (Å²) in [5.41, 5.74) is 0. The third-order valence-corrected chi connectivity index (χ3v) is 2.12. The molecule has 1 atom stereocenters. The normalized spacial score (nSPS) is 17.3. The Balaban J connectivity index is 2.41. The number of amides is 2. The number of carbonyl (C=O) groups is 3. The van der Waals surface area contributed by atoms with Crippen molar-refractivity contribution < 1.29 is 19.2 Å². The maximum atomic E-state index is 11.2. The molecule has 1 aliphatic rings. The molecule has 0 saturated heterocycles. The van der Waals surface area contributed by atoms with Crippen LogP contribution in [-0.4, -0.2) is 29.3 Å². The second-order valence-electron chi connectivity index (χ2n) is 3.32. The number of carbonyl (C=O) groups excluding carboxylic acids is 3. The van der Waals surface area contributed by atoms with Crippen molar-refractivity contribution in [3.05, 3.63) is 12.2 Å². The fraction of sp³-hybridized carbons (Fsp3) is 0.500. The van der Waals surface area contributed by atoms with Crippen LogP contribution in [0.4, 0.5) is 0 Å². The van der Waals surface area contributed by atoms with Crippen LogP contribution in [-0.2, 0) is 19.2 Å². The molecule has 2 amide bonds. The highest BCUT2D eigenvalue weighted by Gasteiger charge is 2.25. The van der Waals surface area contributed by atoms with Crippen molar-refractivity contribution >= 4 is 17.6 Å². The zero-order chi connectivity index (χ0) is 11.4. The Hall–Kier alpha value is -1.49. The summed E-state index contributed by atoms with van der Waals surface area (Å²) in [7, 11) is 0. The highest BCUT2D eigenvalue weighted by molar-refractivity contribution is 6.11. The highest BCUT2D eigenvalue weighted by atomic mass is 16.7. The minimum Gasteiger partial charge on any atom is -0.299 e. The molecule has 82 valence electrons. The maximum Gasteiger partial charge on any atom is 0.277 e. The number of hydrogen-bond donors (Lipinski definition) is 0. The molecular weight excluding hydrogens is 198 g/mol. The molecule has 0 N–H and O–H groups in total. The van der Waals surface area contributed by atoms with Crippen LogP contribution in [0.3, 0.4) is 0 Å². The summed E-state index contributed by atoms with van der Waals surface area (Å²) in [4.78, 5) is 38.2. The van der Waals surface area contributed by atoms with E-state index < -0.39 is 11.8 Å². The first kappa shape index (κ1) is 11.6. The minimum absolute atomic E-state index is 0.0436. The first-order valence-electron chi connectivity index (χ1n) is 4.78. The van der Waals surface area contributed by atoms with Gasteiger partial charge in [0, 0.05) is 24.5 Å². The standard InChI is InChI=1S/C10H13NO4/c1-3-8(12)7(2)6-15-11-9(13)4-5-10(11)14/h4-5,7H,3,6H2,1-2H3. The van der Waals surface area contributed by atoms with Gasteiger partial charge in [0.2, 0.25) is 0 Å². The van der Waals surface area contributed by atoms with Crippen molar-refractivity contribution in [1.29, 1.82) is 0 Å². The van der Waals surface area contributed by atoms with Crippen LogP contribution in [0.2, 0.25) is 0 Å². The Morgan fingerprint density at radius 1 is 1.40 bits per heavy atom. The summed E-state index contributed by atoms with van der Waals surface area (Å²) < 4.78 is 0. The van der Waals surface area contributed by atoms with E-state index in [1.54, 1.807) is 13.8 Å². The fourth-order valence-corrected chi connectivity index (χ4v) is 1.14. The van der Waals surface area contributed by atoms with E-state index in [0.29, 0.717) is 11.5 Å². The summed E-state index contributed by atoms with van der Waals surface area (Å²) >= 11 is 0. The summed E-state index contributed by atoms with van der Waals surface area (Å²) in [6.45, 7) is 3.50. The van der Waals surface area contributed by atoms with Crippen LogP contribution >= 0.6 is 0 Å². The zero-order valence-corrected chi connectivity index (χ0v) is 8.73. The minimum atomic E-state index is -0.504. The number of rotatable bonds is 5. The maximum absolute atomic E-state index is 11.2. The van der Waals surface area contributed by atoms with Crippen LogP contribution in [0.25, 0.3) is 0 Å². The largest absolute Gasteiger partial charge is 0.299 e. The van der Waals surface area contributed by atoms with Crippen molar-refractivity contribution in [3.63, 3.8) is 0 Å². The Bertz CT molecular complexity index is 303. The molecule has 0 aromatic carbocycles. The molecule has 0 bridgehead atoms. The van der Waals surface area contributed by atoms with Gasteiger partial charge < -0.3 is 0 Å². The van der Waals surface area contributed by atoms with Crippen LogP contribution in [0.1, 0.15) is 20.3 Å². The number of Topliss-reactive ketones (excluding diaryl/α,β-unsaturated/α-hetero) is 1. The molecule has 0 aliphatic carbocycles. The van der Waals surface area contributed by atoms with Crippen molar-refractivity contribution in [2.75, 3.05) is 6.61 Å². The lowest BCUT2D eigenvalue weighted by Crippen LogP contribution is -2.33. The summed E-state index contributed by atoms with van der Waals surface area (Å²) in [5.74, 6) is -1.27. The number of nitrogens with zero attached hydrogens (tertiary/aromatic N) is 1. The van der Waals surface area contributed by atoms with Crippen LogP contribution in [0, 0.1) is 5.92 Å². The first-order valence-corrected chi connectivity index (χ1v) is 4.78. The molecule has 1 aliphatic heterocycles. The topological polar surface area (TPSA) is 63.7 Å². The molecule has 5 heteroatoms. The number of hydrogen-bond acceptors (Lipinski definition) is 4. The third kappa shape index (κ3) is 2.73. The Morgan fingerprint density at radius 2 is 1.93 bits per heavy atom. The average Bonchev–Trinajstić information content (AvgIpc) is 2.54. The van der Waals surface area contributed by atoms with Gasteiger partial charge in [-0.25, -0.2) is 0 Å². The van der Waals surface area contributed by atoms with Gasteiger partial charge in [-0.05, 0) is 0 Å². The quantitative estimate of drug-likeness (QED) is 0.620. The summed E-state index contributed by atoms with van der Waals surface area (Å²) in [6, 6.07) is 0. The van der Waals surface area contributed by atoms with Gasteiger partial charge in [-0.15, -0.1) is 5.06 Å². The molecule has 1 unspecified atom stereocenters. The predicted molar refractivity (Wildman–Crippen MR) is 51.4 cm³/mol. The number of imide groups is 1. The van der Waals surface area contributed by atoms with E-state index in [1.807, 2.05) is 0 Å². The van der Waals surface area contributed by atoms with Crippen molar-refractivity contribution in [1.82, 2.24) is 5.06 Å². The molecular formula is C10H13NO4. The van der Waals surface area contributed by atoms with Crippen molar-refractivity contribution in [2.24, 2.45) is 5.92 Å². The molecule has 15 heavy (non-hydrogen) atoms. The molecule has 0 radical (unpaired) electrons. The van der Waals surface area contributed by atoms with E-state index in [2.05, 4.69) is 0 Å². The third-order valence-electron chi connectivity index (χ3n) is 2.12. The summed E-state index contributed by atoms with van der Waals surface area (Å²) in [6.07, 6.45) is 2.69. The van der Waals surface area contributed by atoms with Gasteiger partial charge in [-0.1, -0.05) is 13.8 Å². The lowest BCUT2D eigenvalue weighted by molar-refractivity contribution is -0.189. The highest BCUT2D eigenvalue weighted by Crippen LogP contribution is 2.08. The van der Waals surface area contributed by atoms with Gasteiger partial charge in [0.25, 0.3) is 11.8 Å². The van der Waals surface area contributed by atoms with E-state index in [4.69, 9.17) is 4.84 Å². The molecule has 0 aromatic rings. The van der Waals surface area contributed by atoms with Gasteiger partial charge in [0.15, 0.2) is 0 Å². The molecule has 0 aromatic heterocycles. The second-order valence-corrected chi connectivity index (χ2v) is 3.32. The van der Waals surface area contributed by atoms with Gasteiger partial charge in [0.1, 0.15) is 5.78 Å². The number of hydroxylamine groups is 2. The van der Waals surface area contributed by atoms with Gasteiger partial charge in [0.05, 0.1) is 6.61 Å². The average molecular weight is 211 g/mol. The van der Waals surface area contributed by atoms with E-state index in [-0.39, 0.29) is 18.3 Å². The molecule has 0 fully saturated rings. The molecule has 1 rings (SSSR count). The number of ketones is 1. The molecule has 0 spiro atoms. The van der Waals surface area contributed by atoms with Crippen molar-refractivity contribution in [2.45, 2.75) is 20.3 Å². The zero-order valence-electron chi connectivity index (χ0n) is 8.73. The summed E-state index contributed by atoms with van der Waals surface area (Å²) in [5, 5.41) is 0.666. The van der Waals surface area contributed by atoms with Crippen LogP contribution < -0.4 is 0 Å². The SMILES string of the molecule is CCC(=O)C(C)CON1C(=O)C=CC1=O. The lowest BCUT2D eigenvalue weighted by Gasteiger charge is -2.15. The van der Waals surface area contributed by atoms with E-state index >= 15 is 0 Å². The monoisotopic (exact) mass is 211 g/mol. The molecule has 5 nitrogen and oxygen atoms in total. The van der Waals surface area contributed by atoms with E-state index in [0.717, 1.165) is 12.2 Å². The predicted octanol–water partition coefficient (Wildman–Crippen LogP) is 0.458. The first-order chi connectivity index (χ1) is 7.06. The van der Waals surface area contributed by atoms with E-state index in [9.17, 15) is 14.4 Å². The van der Waals surface area contributed by atoms with Gasteiger partial charge in [-0.2, -0.15) is 0 Å². The Kier molecular flexibility index (Phi) is 3.74. The van der Waals surface area contributed by atoms with Crippen LogP contribution in [0.15, 0.2) is 12.2 Å². The second kappa shape index (κ2) is 4.84. The van der Waals surface area contributed by atoms with Gasteiger partial charge >= 0.3 is 0 Å². The van der Waals surface area contributed by atoms with E-state index in [1.165, 1.54) is 0 Å².